The molecule has 6 aliphatic carbocycles. The highest BCUT2D eigenvalue weighted by molar-refractivity contribution is 6.37. The molecule has 4 bridgehead atoms. The Hall–Kier alpha value is -6.46. The van der Waals surface area contributed by atoms with Crippen molar-refractivity contribution in [2.24, 2.45) is 11.3 Å². The first kappa shape index (κ1) is 34.0. The molecular weight excluding hydrogens is 797 g/mol. The van der Waals surface area contributed by atoms with Crippen molar-refractivity contribution in [2.75, 3.05) is 0 Å². The van der Waals surface area contributed by atoms with Gasteiger partial charge in [-0.1, -0.05) is 71.0 Å². The molecule has 0 spiro atoms. The van der Waals surface area contributed by atoms with Crippen LogP contribution in [0.5, 0.6) is 0 Å². The van der Waals surface area contributed by atoms with Gasteiger partial charge in [-0.25, -0.2) is 0 Å². The predicted octanol–water partition coefficient (Wildman–Crippen LogP) is 15.8. The number of benzene rings is 7. The number of ketones is 2. The second-order valence-corrected chi connectivity index (χ2v) is 22.6. The fraction of sp³-hybridized carbons (Fsp3) is 0.300. The number of carbonyl (C=O) groups excluding carboxylic acids is 2. The van der Waals surface area contributed by atoms with Crippen molar-refractivity contribution in [2.45, 2.75) is 103 Å². The highest BCUT2D eigenvalue weighted by Crippen LogP contribution is 2.56. The van der Waals surface area contributed by atoms with Gasteiger partial charge in [-0.15, -0.1) is 0 Å². The van der Waals surface area contributed by atoms with Crippen LogP contribution in [-0.4, -0.2) is 20.4 Å². The first-order chi connectivity index (χ1) is 32.2. The summed E-state index contributed by atoms with van der Waals surface area (Å²) in [5.41, 5.74) is 11.2. The predicted molar refractivity (Wildman–Crippen MR) is 267 cm³/mol. The van der Waals surface area contributed by atoms with Gasteiger partial charge >= 0.3 is 0 Å². The van der Waals surface area contributed by atoms with Crippen molar-refractivity contribution in [3.63, 3.8) is 0 Å². The lowest BCUT2D eigenvalue weighted by molar-refractivity contribution is 0.0731. The average molecular weight is 847 g/mol. The minimum Gasteiger partial charge on any atom is -0.455 e. The van der Waals surface area contributed by atoms with E-state index < -0.39 is 5.41 Å². The number of fused-ring (bicyclic) bond motifs is 22. The third-order valence-corrected chi connectivity index (χ3v) is 18.0. The molecule has 7 aromatic carbocycles. The summed E-state index contributed by atoms with van der Waals surface area (Å²) in [6.45, 7) is 11.3. The summed E-state index contributed by atoms with van der Waals surface area (Å²) in [6, 6.07) is 29.3. The van der Waals surface area contributed by atoms with Crippen LogP contribution in [-0.2, 0) is 10.8 Å². The SMILES string of the molecule is [2H]c1c2c3c4oc5ccccc5c4cc4c5cc6c(cc5n(c2c([2H])c2c5cc7cc(C(C)(C)C)ccc7c7c8cc9c(cc8n(c12)c57)C(=O)C1(C)CCC9(C)CC1)c43)C(=O)C1CCC6CC1. The average Bonchev–Trinajstić information content (AvgIpc) is 4.08. The lowest BCUT2D eigenvalue weighted by atomic mass is 9.65. The van der Waals surface area contributed by atoms with Gasteiger partial charge in [-0.05, 0) is 150 Å². The monoisotopic (exact) mass is 846 g/mol. The number of carbonyl (C=O) groups is 2. The number of furan rings is 1. The van der Waals surface area contributed by atoms with E-state index in [1.165, 1.54) is 11.1 Å². The van der Waals surface area contributed by atoms with Gasteiger partial charge < -0.3 is 13.2 Å². The summed E-state index contributed by atoms with van der Waals surface area (Å²) in [5.74, 6) is 0.890. The Morgan fingerprint density at radius 2 is 1.28 bits per heavy atom. The summed E-state index contributed by atoms with van der Waals surface area (Å²) in [5, 5.41) is 11.8. The first-order valence-electron chi connectivity index (χ1n) is 25.1. The lowest BCUT2D eigenvalue weighted by Gasteiger charge is -2.38. The minimum absolute atomic E-state index is 0.0502. The Morgan fingerprint density at radius 3 is 2.08 bits per heavy atom. The highest BCUT2D eigenvalue weighted by atomic mass is 16.3. The number of rotatable bonds is 0. The topological polar surface area (TPSA) is 56.1 Å². The van der Waals surface area contributed by atoms with Gasteiger partial charge in [0.2, 0.25) is 0 Å². The second-order valence-electron chi connectivity index (χ2n) is 22.6. The molecule has 5 aromatic heterocycles. The summed E-state index contributed by atoms with van der Waals surface area (Å²) in [7, 11) is 0. The molecule has 5 nitrogen and oxygen atoms in total. The van der Waals surface area contributed by atoms with E-state index in [1.54, 1.807) is 0 Å². The Balaban J connectivity index is 1.15. The molecule has 0 radical (unpaired) electrons. The number of Topliss-reactive ketones (excluding diaryl/α,β-unsaturated/α-hetero) is 2. The number of para-hydroxylation sites is 1. The third-order valence-electron chi connectivity index (χ3n) is 18.0. The molecule has 0 N–H and O–H groups in total. The first-order valence-corrected chi connectivity index (χ1v) is 24.1. The van der Waals surface area contributed by atoms with Crippen LogP contribution in [0.3, 0.4) is 0 Å². The normalized spacial score (nSPS) is 24.2. The second kappa shape index (κ2) is 11.1. The van der Waals surface area contributed by atoms with Crippen molar-refractivity contribution in [1.82, 2.24) is 8.80 Å². The molecular formula is C60H48N2O3. The van der Waals surface area contributed by atoms with Gasteiger partial charge in [0.05, 0.1) is 41.2 Å². The van der Waals surface area contributed by atoms with E-state index in [0.717, 1.165) is 155 Å². The molecule has 5 heterocycles. The largest absolute Gasteiger partial charge is 0.455 e. The molecule has 0 atom stereocenters. The van der Waals surface area contributed by atoms with Gasteiger partial charge in [-0.3, -0.25) is 9.59 Å². The Labute approximate surface area is 377 Å². The van der Waals surface area contributed by atoms with E-state index in [-0.39, 0.29) is 28.3 Å². The minimum atomic E-state index is -0.403. The van der Waals surface area contributed by atoms with Crippen LogP contribution < -0.4 is 0 Å². The standard InChI is InChI=1S/C60H48N2O3/c1-58(2,3)32-14-15-33-31(20-32)21-38-37-25-48-44(28-47(37)61-49-27-42-45(24-43(49)51(33)53(38)61)59(4)16-18-60(5,19-17-59)57(42)64)52-54-39(23-41-34-8-6-7-9-50(34)65-56(41)52)36-22-35-29-10-12-30(13-11-29)55(63)40(35)26-46(36)62(48)54/h6-9,14-15,20-30H,10-13,16-19H2,1-5H3/i25D,28D. The van der Waals surface area contributed by atoms with Gasteiger partial charge in [0, 0.05) is 70.9 Å². The van der Waals surface area contributed by atoms with Crippen molar-refractivity contribution >= 4 is 120 Å². The summed E-state index contributed by atoms with van der Waals surface area (Å²) < 4.78 is 32.8. The Bertz CT molecular complexity index is 4360. The number of aromatic nitrogens is 2. The van der Waals surface area contributed by atoms with E-state index in [2.05, 4.69) is 110 Å². The molecule has 0 amide bonds. The molecule has 316 valence electrons. The van der Waals surface area contributed by atoms with Crippen LogP contribution in [0.2, 0.25) is 0 Å². The zero-order valence-corrected chi connectivity index (χ0v) is 37.4. The van der Waals surface area contributed by atoms with Crippen molar-refractivity contribution in [3.8, 4) is 0 Å². The van der Waals surface area contributed by atoms with E-state index in [4.69, 9.17) is 4.42 Å². The zero-order valence-electron chi connectivity index (χ0n) is 39.4. The maximum absolute atomic E-state index is 14.9. The highest BCUT2D eigenvalue weighted by Gasteiger charge is 2.49. The smallest absolute Gasteiger partial charge is 0.169 e. The molecule has 12 aromatic rings. The van der Waals surface area contributed by atoms with E-state index >= 15 is 0 Å². The third kappa shape index (κ3) is 4.12. The van der Waals surface area contributed by atoms with Gasteiger partial charge in [0.25, 0.3) is 0 Å². The molecule has 2 saturated carbocycles. The molecule has 18 rings (SSSR count). The van der Waals surface area contributed by atoms with Crippen molar-refractivity contribution in [3.05, 3.63) is 119 Å². The number of hydrogen-bond donors (Lipinski definition) is 0. The van der Waals surface area contributed by atoms with Crippen LogP contribution in [0.15, 0.2) is 95.4 Å². The summed E-state index contributed by atoms with van der Waals surface area (Å²) >= 11 is 0. The summed E-state index contributed by atoms with van der Waals surface area (Å²) in [6.07, 6.45) is 7.67. The van der Waals surface area contributed by atoms with Gasteiger partial charge in [0.1, 0.15) is 11.2 Å². The quantitative estimate of drug-likeness (QED) is 0.153. The lowest BCUT2D eigenvalue weighted by Crippen LogP contribution is -2.33. The van der Waals surface area contributed by atoms with E-state index in [1.807, 2.05) is 12.1 Å². The molecule has 0 unspecified atom stereocenters. The van der Waals surface area contributed by atoms with Crippen LogP contribution in [0.1, 0.15) is 132 Å². The van der Waals surface area contributed by atoms with Crippen LogP contribution in [0.25, 0.3) is 109 Å². The van der Waals surface area contributed by atoms with E-state index in [0.29, 0.717) is 40.0 Å². The Morgan fingerprint density at radius 1 is 0.600 bits per heavy atom. The van der Waals surface area contributed by atoms with Crippen LogP contribution >= 0.6 is 0 Å². The fourth-order valence-electron chi connectivity index (χ4n) is 14.3. The molecule has 2 fully saturated rings. The van der Waals surface area contributed by atoms with Gasteiger partial charge in [-0.2, -0.15) is 0 Å². The number of hydrogen-bond acceptors (Lipinski definition) is 3. The molecule has 5 heteroatoms. The summed E-state index contributed by atoms with van der Waals surface area (Å²) in [4.78, 5) is 29.2. The maximum Gasteiger partial charge on any atom is 0.169 e. The van der Waals surface area contributed by atoms with Crippen LogP contribution in [0.4, 0.5) is 0 Å². The van der Waals surface area contributed by atoms with Crippen LogP contribution in [0, 0.1) is 11.3 Å². The molecule has 0 saturated heterocycles. The molecule has 0 aliphatic heterocycles. The molecule has 6 aliphatic rings. The van der Waals surface area contributed by atoms with E-state index in [9.17, 15) is 12.3 Å². The van der Waals surface area contributed by atoms with Crippen molar-refractivity contribution in [1.29, 1.82) is 0 Å². The number of nitrogens with zero attached hydrogens (tertiary/aromatic N) is 2. The molecule has 65 heavy (non-hydrogen) atoms. The van der Waals surface area contributed by atoms with Gasteiger partial charge in [0.15, 0.2) is 11.6 Å². The fourth-order valence-corrected chi connectivity index (χ4v) is 14.3. The zero-order chi connectivity index (χ0) is 45.1. The Kier molecular flexibility index (Phi) is 5.82. The maximum atomic E-state index is 14.9. The van der Waals surface area contributed by atoms with Crippen molar-refractivity contribution < 1.29 is 16.7 Å².